The lowest BCUT2D eigenvalue weighted by atomic mass is 9.48. The molecule has 2 saturated heterocycles. The van der Waals surface area contributed by atoms with E-state index in [2.05, 4.69) is 36.1 Å². The van der Waals surface area contributed by atoms with Crippen molar-refractivity contribution in [3.63, 3.8) is 0 Å². The van der Waals surface area contributed by atoms with E-state index in [0.29, 0.717) is 30.5 Å². The topological polar surface area (TPSA) is 29.5 Å². The van der Waals surface area contributed by atoms with Crippen LogP contribution in [0.2, 0.25) is 0 Å². The summed E-state index contributed by atoms with van der Waals surface area (Å²) < 4.78 is 5.82. The summed E-state index contributed by atoms with van der Waals surface area (Å²) in [4.78, 5) is 15.9. The van der Waals surface area contributed by atoms with Crippen LogP contribution in [0.3, 0.4) is 0 Å². The second kappa shape index (κ2) is 7.27. The summed E-state index contributed by atoms with van der Waals surface area (Å²) in [5, 5.41) is 0. The highest BCUT2D eigenvalue weighted by molar-refractivity contribution is 5.85. The normalized spacial score (nSPS) is 37.6. The first kappa shape index (κ1) is 19.9. The molecule has 3 nitrogen and oxygen atoms in total. The number of piperidine rings is 2. The molecule has 158 valence electrons. The first-order valence-corrected chi connectivity index (χ1v) is 11.7. The van der Waals surface area contributed by atoms with Crippen molar-refractivity contribution < 1.29 is 9.53 Å². The fourth-order valence-corrected chi connectivity index (χ4v) is 6.96. The van der Waals surface area contributed by atoms with Crippen LogP contribution < -0.4 is 0 Å². The summed E-state index contributed by atoms with van der Waals surface area (Å²) in [6.07, 6.45) is 9.82. The monoisotopic (exact) mass is 415 g/mol. The Morgan fingerprint density at radius 2 is 1.90 bits per heavy atom. The molecule has 4 aliphatic carbocycles. The van der Waals surface area contributed by atoms with Gasteiger partial charge in [0, 0.05) is 24.0 Å². The first-order chi connectivity index (χ1) is 13.7. The molecule has 29 heavy (non-hydrogen) atoms. The molecular formula is C25H34ClNO2. The van der Waals surface area contributed by atoms with Gasteiger partial charge in [0.1, 0.15) is 0 Å². The number of hydrogen-bond donors (Lipinski definition) is 0. The van der Waals surface area contributed by atoms with Gasteiger partial charge in [0.25, 0.3) is 0 Å². The lowest BCUT2D eigenvalue weighted by Gasteiger charge is -2.65. The Kier molecular flexibility index (Phi) is 4.98. The number of fused-ring (bicyclic) bond motifs is 2. The average Bonchev–Trinajstić information content (AvgIpc) is 3.63. The summed E-state index contributed by atoms with van der Waals surface area (Å²) in [5.74, 6) is 2.34. The lowest BCUT2D eigenvalue weighted by molar-refractivity contribution is -0.168. The Bertz CT molecular complexity index is 789. The van der Waals surface area contributed by atoms with E-state index in [1.165, 1.54) is 45.1 Å². The molecule has 0 N–H and O–H groups in total. The smallest absolute Gasteiger partial charge is 0.310 e. The van der Waals surface area contributed by atoms with Crippen LogP contribution >= 0.6 is 12.4 Å². The van der Waals surface area contributed by atoms with Crippen LogP contribution in [0, 0.1) is 23.7 Å². The van der Waals surface area contributed by atoms with E-state index in [1.54, 1.807) is 11.1 Å². The van der Waals surface area contributed by atoms with E-state index in [4.69, 9.17) is 4.74 Å². The molecule has 0 spiro atoms. The molecule has 6 aliphatic rings. The van der Waals surface area contributed by atoms with E-state index >= 15 is 0 Å². The fraction of sp³-hybridized carbons (Fsp3) is 0.720. The third-order valence-electron chi connectivity index (χ3n) is 8.81. The Labute approximate surface area is 181 Å². The average molecular weight is 416 g/mol. The molecule has 5 atom stereocenters. The van der Waals surface area contributed by atoms with Crippen LogP contribution in [0.25, 0.3) is 0 Å². The largest absolute Gasteiger partial charge is 0.465 e. The maximum atomic E-state index is 13.1. The number of carbonyl (C=O) groups is 1. The summed E-state index contributed by atoms with van der Waals surface area (Å²) in [6, 6.07) is 10.2. The highest BCUT2D eigenvalue weighted by atomic mass is 35.5. The second-order valence-corrected chi connectivity index (χ2v) is 10.4. The SMILES string of the molecule is CC[C@]12CC3[C@@H](C(=O)OCC4CC4)CC1C(Cc1ccccc12)N3CC1CC1.Cl. The highest BCUT2D eigenvalue weighted by Crippen LogP contribution is 2.60. The van der Waals surface area contributed by atoms with Crippen molar-refractivity contribution in [1.82, 2.24) is 4.90 Å². The number of nitrogens with zero attached hydrogens (tertiary/aromatic N) is 1. The minimum atomic E-state index is 0. The number of esters is 1. The van der Waals surface area contributed by atoms with Gasteiger partial charge in [0.15, 0.2) is 0 Å². The van der Waals surface area contributed by atoms with Gasteiger partial charge >= 0.3 is 5.97 Å². The number of hydrogen-bond acceptors (Lipinski definition) is 3. The molecule has 5 fully saturated rings. The molecule has 1 aromatic carbocycles. The summed E-state index contributed by atoms with van der Waals surface area (Å²) >= 11 is 0. The number of ether oxygens (including phenoxy) is 1. The van der Waals surface area contributed by atoms with E-state index in [0.717, 1.165) is 18.8 Å². The van der Waals surface area contributed by atoms with E-state index in [9.17, 15) is 4.79 Å². The third-order valence-corrected chi connectivity index (χ3v) is 8.81. The van der Waals surface area contributed by atoms with Crippen molar-refractivity contribution in [2.75, 3.05) is 13.2 Å². The molecule has 3 unspecified atom stereocenters. The lowest BCUT2D eigenvalue weighted by Crippen LogP contribution is -2.70. The van der Waals surface area contributed by atoms with Gasteiger partial charge in [-0.2, -0.15) is 0 Å². The van der Waals surface area contributed by atoms with Crippen LogP contribution in [-0.4, -0.2) is 36.1 Å². The quantitative estimate of drug-likeness (QED) is 0.627. The molecule has 4 heteroatoms. The third kappa shape index (κ3) is 3.15. The van der Waals surface area contributed by atoms with Gasteiger partial charge in [-0.3, -0.25) is 9.69 Å². The molecule has 4 bridgehead atoms. The molecule has 1 aromatic rings. The van der Waals surface area contributed by atoms with Crippen molar-refractivity contribution in [2.24, 2.45) is 23.7 Å². The summed E-state index contributed by atoms with van der Waals surface area (Å²) in [7, 11) is 0. The summed E-state index contributed by atoms with van der Waals surface area (Å²) in [5.41, 5.74) is 3.44. The van der Waals surface area contributed by atoms with Crippen LogP contribution in [0.1, 0.15) is 63.0 Å². The van der Waals surface area contributed by atoms with Crippen LogP contribution in [0.15, 0.2) is 24.3 Å². The van der Waals surface area contributed by atoms with E-state index in [1.807, 2.05) is 0 Å². The number of halogens is 1. The van der Waals surface area contributed by atoms with Crippen molar-refractivity contribution in [3.8, 4) is 0 Å². The zero-order chi connectivity index (χ0) is 18.9. The maximum Gasteiger partial charge on any atom is 0.310 e. The minimum absolute atomic E-state index is 0. The molecule has 7 rings (SSSR count). The maximum absolute atomic E-state index is 13.1. The van der Waals surface area contributed by atoms with Crippen molar-refractivity contribution in [1.29, 1.82) is 0 Å². The molecule has 3 saturated carbocycles. The van der Waals surface area contributed by atoms with Crippen molar-refractivity contribution >= 4 is 18.4 Å². The Morgan fingerprint density at radius 3 is 2.62 bits per heavy atom. The molecule has 0 aromatic heterocycles. The zero-order valence-corrected chi connectivity index (χ0v) is 18.3. The van der Waals surface area contributed by atoms with Gasteiger partial charge < -0.3 is 4.74 Å². The number of carbonyl (C=O) groups excluding carboxylic acids is 1. The standard InChI is InChI=1S/C25H33NO2.ClH/c1-2-25-13-23-19(24(27)28-15-17-9-10-17)12-21(25)22(26(23)14-16-7-8-16)11-18-5-3-4-6-20(18)25;/h3-6,16-17,19,21-23H,2,7-15H2,1H3;1H/t19-,21?,22?,23?,25+;/m0./s1. The van der Waals surface area contributed by atoms with Crippen molar-refractivity contribution in [2.45, 2.75) is 75.8 Å². The zero-order valence-electron chi connectivity index (χ0n) is 17.5. The predicted octanol–water partition coefficient (Wildman–Crippen LogP) is 4.75. The Hall–Kier alpha value is -1.06. The van der Waals surface area contributed by atoms with Crippen LogP contribution in [0.5, 0.6) is 0 Å². The Morgan fingerprint density at radius 1 is 1.14 bits per heavy atom. The van der Waals surface area contributed by atoms with Gasteiger partial charge in [0.05, 0.1) is 12.5 Å². The van der Waals surface area contributed by atoms with E-state index in [-0.39, 0.29) is 29.7 Å². The Balaban J connectivity index is 0.00000181. The predicted molar refractivity (Wildman–Crippen MR) is 116 cm³/mol. The molecule has 0 radical (unpaired) electrons. The van der Waals surface area contributed by atoms with Gasteiger partial charge in [-0.05, 0) is 80.2 Å². The van der Waals surface area contributed by atoms with Crippen LogP contribution in [-0.2, 0) is 21.4 Å². The molecule has 2 heterocycles. The molecule has 0 amide bonds. The molecule has 2 aliphatic heterocycles. The van der Waals surface area contributed by atoms with Gasteiger partial charge in [-0.15, -0.1) is 12.4 Å². The van der Waals surface area contributed by atoms with Crippen molar-refractivity contribution in [3.05, 3.63) is 35.4 Å². The van der Waals surface area contributed by atoms with Gasteiger partial charge in [-0.25, -0.2) is 0 Å². The molecular weight excluding hydrogens is 382 g/mol. The minimum Gasteiger partial charge on any atom is -0.465 e. The summed E-state index contributed by atoms with van der Waals surface area (Å²) in [6.45, 7) is 4.26. The highest BCUT2D eigenvalue weighted by Gasteiger charge is 2.62. The fourth-order valence-electron chi connectivity index (χ4n) is 6.96. The van der Waals surface area contributed by atoms with Gasteiger partial charge in [0.2, 0.25) is 0 Å². The van der Waals surface area contributed by atoms with Gasteiger partial charge in [-0.1, -0.05) is 31.2 Å². The second-order valence-electron chi connectivity index (χ2n) is 10.4. The van der Waals surface area contributed by atoms with Crippen LogP contribution in [0.4, 0.5) is 0 Å². The first-order valence-electron chi connectivity index (χ1n) is 11.7. The number of benzene rings is 1. The van der Waals surface area contributed by atoms with E-state index < -0.39 is 0 Å². The number of rotatable bonds is 6.